The van der Waals surface area contributed by atoms with Crippen LogP contribution in [-0.2, 0) is 6.42 Å². The monoisotopic (exact) mass is 234 g/mol. The molecule has 0 saturated carbocycles. The van der Waals surface area contributed by atoms with Gasteiger partial charge in [0.1, 0.15) is 5.75 Å². The lowest BCUT2D eigenvalue weighted by molar-refractivity contribution is 0.414. The Morgan fingerprint density at radius 1 is 1.38 bits per heavy atom. The van der Waals surface area contributed by atoms with Crippen LogP contribution in [0, 0.1) is 0 Å². The highest BCUT2D eigenvalue weighted by Crippen LogP contribution is 2.20. The number of hydrogen-bond acceptors (Lipinski definition) is 4. The van der Waals surface area contributed by atoms with Gasteiger partial charge in [0.15, 0.2) is 0 Å². The minimum absolute atomic E-state index is 0.0286. The van der Waals surface area contributed by atoms with E-state index in [0.717, 1.165) is 17.0 Å². The van der Waals surface area contributed by atoms with Crippen molar-refractivity contribution in [3.63, 3.8) is 0 Å². The van der Waals surface area contributed by atoms with E-state index in [1.54, 1.807) is 18.4 Å². The molecule has 0 aliphatic heterocycles. The molecule has 84 valence electrons. The van der Waals surface area contributed by atoms with Crippen molar-refractivity contribution in [2.75, 3.05) is 7.11 Å². The summed E-state index contributed by atoms with van der Waals surface area (Å²) in [6.45, 7) is 0. The van der Waals surface area contributed by atoms with E-state index in [4.69, 9.17) is 10.5 Å². The van der Waals surface area contributed by atoms with E-state index in [9.17, 15) is 0 Å². The number of thiazole rings is 1. The van der Waals surface area contributed by atoms with Crippen molar-refractivity contribution in [3.8, 4) is 5.75 Å². The molecule has 1 unspecified atom stereocenters. The van der Waals surface area contributed by atoms with Gasteiger partial charge in [-0.3, -0.25) is 4.98 Å². The molecule has 0 spiro atoms. The van der Waals surface area contributed by atoms with E-state index in [-0.39, 0.29) is 6.04 Å². The second-order valence-electron chi connectivity index (χ2n) is 3.56. The van der Waals surface area contributed by atoms with E-state index in [1.807, 2.05) is 36.0 Å². The molecular formula is C12H14N2OS. The van der Waals surface area contributed by atoms with Crippen molar-refractivity contribution < 1.29 is 4.74 Å². The van der Waals surface area contributed by atoms with Gasteiger partial charge < -0.3 is 10.5 Å². The summed E-state index contributed by atoms with van der Waals surface area (Å²) in [5, 5.41) is 0. The largest absolute Gasteiger partial charge is 0.497 e. The first-order valence-electron chi connectivity index (χ1n) is 5.06. The minimum atomic E-state index is 0.0286. The lowest BCUT2D eigenvalue weighted by Crippen LogP contribution is -2.11. The van der Waals surface area contributed by atoms with Crippen LogP contribution in [0.4, 0.5) is 0 Å². The second-order valence-corrected chi connectivity index (χ2v) is 4.48. The van der Waals surface area contributed by atoms with Crippen LogP contribution in [0.1, 0.15) is 16.5 Å². The highest BCUT2D eigenvalue weighted by molar-refractivity contribution is 7.09. The Labute approximate surface area is 98.9 Å². The molecule has 0 amide bonds. The summed E-state index contributed by atoms with van der Waals surface area (Å²) in [6.07, 6.45) is 2.66. The molecule has 0 bridgehead atoms. The SMILES string of the molecule is COc1ccc(CC(N)c2cncs2)cc1. The van der Waals surface area contributed by atoms with Gasteiger partial charge in [0.25, 0.3) is 0 Å². The molecule has 0 saturated heterocycles. The third-order valence-electron chi connectivity index (χ3n) is 2.43. The fourth-order valence-electron chi connectivity index (χ4n) is 1.52. The van der Waals surface area contributed by atoms with Crippen LogP contribution in [0.3, 0.4) is 0 Å². The van der Waals surface area contributed by atoms with E-state index < -0.39 is 0 Å². The Bertz CT molecular complexity index is 425. The van der Waals surface area contributed by atoms with Gasteiger partial charge in [-0.2, -0.15) is 0 Å². The van der Waals surface area contributed by atoms with Crippen LogP contribution in [0.15, 0.2) is 36.0 Å². The lowest BCUT2D eigenvalue weighted by Gasteiger charge is -2.09. The fraction of sp³-hybridized carbons (Fsp3) is 0.250. The number of ether oxygens (including phenoxy) is 1. The number of nitrogens with two attached hydrogens (primary N) is 1. The Morgan fingerprint density at radius 2 is 2.12 bits per heavy atom. The highest BCUT2D eigenvalue weighted by atomic mass is 32.1. The number of nitrogens with zero attached hydrogens (tertiary/aromatic N) is 1. The van der Waals surface area contributed by atoms with Crippen LogP contribution in [0.5, 0.6) is 5.75 Å². The summed E-state index contributed by atoms with van der Waals surface area (Å²) in [5.74, 6) is 0.870. The van der Waals surface area contributed by atoms with Crippen molar-refractivity contribution in [2.24, 2.45) is 5.73 Å². The van der Waals surface area contributed by atoms with Crippen molar-refractivity contribution in [1.29, 1.82) is 0 Å². The van der Waals surface area contributed by atoms with Crippen LogP contribution in [0.25, 0.3) is 0 Å². The normalized spacial score (nSPS) is 12.4. The van der Waals surface area contributed by atoms with Crippen LogP contribution in [0.2, 0.25) is 0 Å². The smallest absolute Gasteiger partial charge is 0.118 e. The van der Waals surface area contributed by atoms with Gasteiger partial charge in [-0.1, -0.05) is 12.1 Å². The second kappa shape index (κ2) is 5.09. The van der Waals surface area contributed by atoms with Crippen LogP contribution < -0.4 is 10.5 Å². The average molecular weight is 234 g/mol. The first-order valence-corrected chi connectivity index (χ1v) is 5.94. The molecule has 16 heavy (non-hydrogen) atoms. The van der Waals surface area contributed by atoms with Gasteiger partial charge >= 0.3 is 0 Å². The lowest BCUT2D eigenvalue weighted by atomic mass is 10.1. The first-order chi connectivity index (χ1) is 7.79. The van der Waals surface area contributed by atoms with Gasteiger partial charge in [-0.05, 0) is 24.1 Å². The molecule has 0 radical (unpaired) electrons. The molecule has 4 heteroatoms. The zero-order chi connectivity index (χ0) is 11.4. The van der Waals surface area contributed by atoms with Crippen LogP contribution >= 0.6 is 11.3 Å². The Morgan fingerprint density at radius 3 is 2.69 bits per heavy atom. The number of methoxy groups -OCH3 is 1. The standard InChI is InChI=1S/C12H14N2OS/c1-15-10-4-2-9(3-5-10)6-11(13)12-7-14-8-16-12/h2-5,7-8,11H,6,13H2,1H3. The van der Waals surface area contributed by atoms with Gasteiger partial charge in [-0.25, -0.2) is 0 Å². The molecule has 1 atom stereocenters. The minimum Gasteiger partial charge on any atom is -0.497 e. The summed E-state index contributed by atoms with van der Waals surface area (Å²) in [6, 6.07) is 8.02. The summed E-state index contributed by atoms with van der Waals surface area (Å²) in [7, 11) is 1.66. The van der Waals surface area contributed by atoms with E-state index in [2.05, 4.69) is 4.98 Å². The Kier molecular flexibility index (Phi) is 3.54. The van der Waals surface area contributed by atoms with Crippen molar-refractivity contribution >= 4 is 11.3 Å². The fourth-order valence-corrected chi connectivity index (χ4v) is 2.15. The zero-order valence-electron chi connectivity index (χ0n) is 9.09. The number of hydrogen-bond donors (Lipinski definition) is 1. The summed E-state index contributed by atoms with van der Waals surface area (Å²) < 4.78 is 5.11. The van der Waals surface area contributed by atoms with E-state index in [0.29, 0.717) is 0 Å². The number of aromatic nitrogens is 1. The van der Waals surface area contributed by atoms with Gasteiger partial charge in [0.2, 0.25) is 0 Å². The van der Waals surface area contributed by atoms with Gasteiger partial charge in [-0.15, -0.1) is 11.3 Å². The molecule has 1 heterocycles. The molecule has 1 aromatic carbocycles. The molecule has 2 N–H and O–H groups in total. The molecule has 2 rings (SSSR count). The highest BCUT2D eigenvalue weighted by Gasteiger charge is 2.08. The van der Waals surface area contributed by atoms with E-state index in [1.165, 1.54) is 5.56 Å². The first kappa shape index (κ1) is 11.1. The topological polar surface area (TPSA) is 48.1 Å². The molecule has 0 fully saturated rings. The van der Waals surface area contributed by atoms with Gasteiger partial charge in [0, 0.05) is 17.1 Å². The molecule has 2 aromatic rings. The van der Waals surface area contributed by atoms with Crippen LogP contribution in [-0.4, -0.2) is 12.1 Å². The predicted molar refractivity (Wildman–Crippen MR) is 65.7 cm³/mol. The molecule has 1 aromatic heterocycles. The van der Waals surface area contributed by atoms with Crippen molar-refractivity contribution in [2.45, 2.75) is 12.5 Å². The Balaban J connectivity index is 2.03. The summed E-state index contributed by atoms with van der Waals surface area (Å²) in [4.78, 5) is 5.15. The third kappa shape index (κ3) is 2.59. The maximum atomic E-state index is 6.08. The van der Waals surface area contributed by atoms with E-state index >= 15 is 0 Å². The summed E-state index contributed by atoms with van der Waals surface area (Å²) in [5.41, 5.74) is 9.10. The number of benzene rings is 1. The molecule has 0 aliphatic carbocycles. The maximum absolute atomic E-state index is 6.08. The predicted octanol–water partition coefficient (Wildman–Crippen LogP) is 2.39. The zero-order valence-corrected chi connectivity index (χ0v) is 9.91. The third-order valence-corrected chi connectivity index (χ3v) is 3.34. The molecule has 0 aliphatic rings. The number of rotatable bonds is 4. The maximum Gasteiger partial charge on any atom is 0.118 e. The Hall–Kier alpha value is -1.39. The molecule has 3 nitrogen and oxygen atoms in total. The molecular weight excluding hydrogens is 220 g/mol. The van der Waals surface area contributed by atoms with Crippen molar-refractivity contribution in [3.05, 3.63) is 46.4 Å². The van der Waals surface area contributed by atoms with Crippen molar-refractivity contribution in [1.82, 2.24) is 4.98 Å². The van der Waals surface area contributed by atoms with Gasteiger partial charge in [0.05, 0.1) is 12.6 Å². The summed E-state index contributed by atoms with van der Waals surface area (Å²) >= 11 is 1.60. The average Bonchev–Trinajstić information content (AvgIpc) is 2.83. The quantitative estimate of drug-likeness (QED) is 0.883.